The van der Waals surface area contributed by atoms with Gasteiger partial charge in [0, 0.05) is 13.1 Å². The van der Waals surface area contributed by atoms with Crippen LogP contribution in [-0.4, -0.2) is 54.0 Å². The van der Waals surface area contributed by atoms with Crippen molar-refractivity contribution >= 4 is 23.8 Å². The number of ether oxygens (including phenoxy) is 3. The number of benzene rings is 1. The monoisotopic (exact) mass is 419 g/mol. The summed E-state index contributed by atoms with van der Waals surface area (Å²) in [5.74, 6) is -1.14. The number of nitrogen functional groups attached to an aromatic ring is 1. The molecule has 1 aromatic carbocycles. The van der Waals surface area contributed by atoms with Crippen molar-refractivity contribution in [3.8, 4) is 17.6 Å². The zero-order valence-corrected chi connectivity index (χ0v) is 18.0. The van der Waals surface area contributed by atoms with Gasteiger partial charge in [-0.2, -0.15) is 5.26 Å². The van der Waals surface area contributed by atoms with Crippen LogP contribution in [0.1, 0.15) is 40.2 Å². The molecule has 0 aliphatic carbocycles. The molecule has 0 aromatic heterocycles. The van der Waals surface area contributed by atoms with Gasteiger partial charge in [-0.3, -0.25) is 4.79 Å². The first kappa shape index (κ1) is 24.8. The second-order valence-electron chi connectivity index (χ2n) is 7.27. The van der Waals surface area contributed by atoms with Crippen LogP contribution in [0.2, 0.25) is 0 Å². The van der Waals surface area contributed by atoms with E-state index in [4.69, 9.17) is 19.9 Å². The van der Waals surface area contributed by atoms with E-state index in [1.54, 1.807) is 13.8 Å². The average molecular weight is 419 g/mol. The quantitative estimate of drug-likeness (QED) is 0.125. The third-order valence-corrected chi connectivity index (χ3v) is 3.87. The normalized spacial score (nSPS) is 11.5. The van der Waals surface area contributed by atoms with Crippen LogP contribution in [0.4, 0.5) is 10.5 Å². The summed E-state index contributed by atoms with van der Waals surface area (Å²) in [6.07, 6.45) is 0.259. The van der Waals surface area contributed by atoms with Crippen molar-refractivity contribution in [3.05, 3.63) is 23.3 Å². The number of carbonyl (C=O) groups excluding carboxylic acids is 2. The van der Waals surface area contributed by atoms with E-state index in [-0.39, 0.29) is 35.8 Å². The molecule has 0 unspecified atom stereocenters. The van der Waals surface area contributed by atoms with Gasteiger partial charge in [-0.15, -0.1) is 0 Å². The largest absolute Gasteiger partial charge is 0.514 e. The number of likely N-dealkylation sites (N-methyl/N-ethyl adjacent to an activating group) is 1. The molecule has 0 radical (unpaired) electrons. The van der Waals surface area contributed by atoms with Crippen molar-refractivity contribution in [2.24, 2.45) is 0 Å². The van der Waals surface area contributed by atoms with Crippen LogP contribution >= 0.6 is 0 Å². The summed E-state index contributed by atoms with van der Waals surface area (Å²) < 4.78 is 15.4. The highest BCUT2D eigenvalue weighted by Crippen LogP contribution is 2.34. The smallest absolute Gasteiger partial charge is 0.503 e. The average Bonchev–Trinajstić information content (AvgIpc) is 2.67. The molecular formula is C21H29N3O6. The highest BCUT2D eigenvalue weighted by atomic mass is 16.7. The summed E-state index contributed by atoms with van der Waals surface area (Å²) in [5.41, 5.74) is 5.49. The first-order chi connectivity index (χ1) is 14.0. The number of nitrogens with two attached hydrogens (primary N) is 1. The Morgan fingerprint density at radius 3 is 2.40 bits per heavy atom. The summed E-state index contributed by atoms with van der Waals surface area (Å²) in [4.78, 5) is 25.8. The van der Waals surface area contributed by atoms with Crippen molar-refractivity contribution in [1.29, 1.82) is 5.26 Å². The van der Waals surface area contributed by atoms with Crippen LogP contribution < -0.4 is 10.5 Å². The van der Waals surface area contributed by atoms with Crippen LogP contribution in [-0.2, 0) is 14.3 Å². The molecule has 9 nitrogen and oxygen atoms in total. The molecule has 0 spiro atoms. The zero-order chi connectivity index (χ0) is 22.9. The topological polar surface area (TPSA) is 135 Å². The Balaban J connectivity index is 2.97. The Bertz CT molecular complexity index is 832. The number of hydrogen-bond donors (Lipinski definition) is 2. The highest BCUT2D eigenvalue weighted by Gasteiger charge is 2.18. The van der Waals surface area contributed by atoms with E-state index in [0.29, 0.717) is 18.7 Å². The number of aromatic hydroxyl groups is 1. The Labute approximate surface area is 176 Å². The Hall–Kier alpha value is -3.25. The molecule has 9 heteroatoms. The molecule has 3 N–H and O–H groups in total. The summed E-state index contributed by atoms with van der Waals surface area (Å²) in [6.45, 7) is 10.2. The molecule has 1 amide bonds. The first-order valence-corrected chi connectivity index (χ1v) is 9.54. The number of rotatable bonds is 8. The van der Waals surface area contributed by atoms with Gasteiger partial charge in [-0.05, 0) is 58.4 Å². The SMILES string of the molecule is CCN(CC)C(=O)/C(C#N)=C/c1cc(N)c(O)c(OC(=O)OCCOC(C)(C)C)c1. The molecule has 0 saturated carbocycles. The van der Waals surface area contributed by atoms with Crippen molar-refractivity contribution in [3.63, 3.8) is 0 Å². The number of nitrogens with zero attached hydrogens (tertiary/aromatic N) is 2. The third-order valence-electron chi connectivity index (χ3n) is 3.87. The van der Waals surface area contributed by atoms with E-state index in [1.807, 2.05) is 26.8 Å². The summed E-state index contributed by atoms with van der Waals surface area (Å²) in [6, 6.07) is 4.50. The standard InChI is InChI=1S/C21H29N3O6/c1-6-24(7-2)19(26)15(13-22)10-14-11-16(23)18(25)17(12-14)30-20(27)28-8-9-29-21(3,4)5/h10-12,25H,6-9,23H2,1-5H3/b15-10+. The lowest BCUT2D eigenvalue weighted by Gasteiger charge is -2.19. The lowest BCUT2D eigenvalue weighted by atomic mass is 10.1. The molecular weight excluding hydrogens is 390 g/mol. The number of nitriles is 1. The van der Waals surface area contributed by atoms with Crippen LogP contribution in [0.25, 0.3) is 6.08 Å². The summed E-state index contributed by atoms with van der Waals surface area (Å²) in [7, 11) is 0. The lowest BCUT2D eigenvalue weighted by Crippen LogP contribution is -2.31. The number of carbonyl (C=O) groups is 2. The second kappa shape index (κ2) is 11.1. The lowest BCUT2D eigenvalue weighted by molar-refractivity contribution is -0.126. The molecule has 1 aromatic rings. The molecule has 0 bridgehead atoms. The van der Waals surface area contributed by atoms with Crippen LogP contribution in [0.15, 0.2) is 17.7 Å². The van der Waals surface area contributed by atoms with E-state index in [0.717, 1.165) is 0 Å². The molecule has 0 atom stereocenters. The van der Waals surface area contributed by atoms with E-state index in [9.17, 15) is 20.0 Å². The molecule has 0 fully saturated rings. The van der Waals surface area contributed by atoms with Gasteiger partial charge in [0.25, 0.3) is 5.91 Å². The number of anilines is 1. The molecule has 1 rings (SSSR count). The van der Waals surface area contributed by atoms with E-state index < -0.39 is 17.8 Å². The van der Waals surface area contributed by atoms with Crippen LogP contribution in [0, 0.1) is 11.3 Å². The van der Waals surface area contributed by atoms with Gasteiger partial charge < -0.3 is 30.0 Å². The number of amides is 1. The second-order valence-corrected chi connectivity index (χ2v) is 7.27. The molecule has 0 heterocycles. The minimum absolute atomic E-state index is 0.0388. The molecule has 0 saturated heterocycles. The Morgan fingerprint density at radius 2 is 1.87 bits per heavy atom. The summed E-state index contributed by atoms with van der Waals surface area (Å²) >= 11 is 0. The summed E-state index contributed by atoms with van der Waals surface area (Å²) in [5, 5.41) is 19.4. The Morgan fingerprint density at radius 1 is 1.23 bits per heavy atom. The highest BCUT2D eigenvalue weighted by molar-refractivity contribution is 6.01. The molecule has 0 aliphatic rings. The Kier molecular flexibility index (Phi) is 9.15. The fourth-order valence-corrected chi connectivity index (χ4v) is 2.39. The van der Waals surface area contributed by atoms with Crippen molar-refractivity contribution in [2.45, 2.75) is 40.2 Å². The van der Waals surface area contributed by atoms with Gasteiger partial charge in [0.15, 0.2) is 11.5 Å². The fraction of sp³-hybridized carbons (Fsp3) is 0.476. The van der Waals surface area contributed by atoms with Crippen molar-refractivity contribution in [2.75, 3.05) is 32.0 Å². The van der Waals surface area contributed by atoms with Crippen molar-refractivity contribution in [1.82, 2.24) is 4.90 Å². The number of phenolic OH excluding ortho intramolecular Hbond substituents is 1. The first-order valence-electron chi connectivity index (χ1n) is 9.54. The van der Waals surface area contributed by atoms with Gasteiger partial charge >= 0.3 is 6.16 Å². The van der Waals surface area contributed by atoms with E-state index in [1.165, 1.54) is 23.1 Å². The molecule has 0 aliphatic heterocycles. The maximum atomic E-state index is 12.4. The number of phenols is 1. The predicted molar refractivity (Wildman–Crippen MR) is 112 cm³/mol. The van der Waals surface area contributed by atoms with Gasteiger partial charge in [0.1, 0.15) is 18.2 Å². The minimum atomic E-state index is -1.05. The van der Waals surface area contributed by atoms with Gasteiger partial charge in [0.2, 0.25) is 0 Å². The van der Waals surface area contributed by atoms with Crippen LogP contribution in [0.3, 0.4) is 0 Å². The van der Waals surface area contributed by atoms with E-state index >= 15 is 0 Å². The maximum absolute atomic E-state index is 12.4. The third kappa shape index (κ3) is 7.64. The van der Waals surface area contributed by atoms with Gasteiger partial charge in [-0.1, -0.05) is 0 Å². The predicted octanol–water partition coefficient (Wildman–Crippen LogP) is 3.08. The fourth-order valence-electron chi connectivity index (χ4n) is 2.39. The zero-order valence-electron chi connectivity index (χ0n) is 18.0. The van der Waals surface area contributed by atoms with E-state index in [2.05, 4.69) is 0 Å². The molecule has 30 heavy (non-hydrogen) atoms. The van der Waals surface area contributed by atoms with Gasteiger partial charge in [0.05, 0.1) is 17.9 Å². The minimum Gasteiger partial charge on any atom is -0.503 e. The van der Waals surface area contributed by atoms with Crippen LogP contribution in [0.5, 0.6) is 11.5 Å². The number of hydrogen-bond acceptors (Lipinski definition) is 8. The van der Waals surface area contributed by atoms with Gasteiger partial charge in [-0.25, -0.2) is 4.79 Å². The molecule has 164 valence electrons. The van der Waals surface area contributed by atoms with Crippen molar-refractivity contribution < 1.29 is 28.9 Å². The maximum Gasteiger partial charge on any atom is 0.514 e.